The van der Waals surface area contributed by atoms with E-state index in [4.69, 9.17) is 4.74 Å². The molecule has 0 saturated heterocycles. The molecule has 0 saturated carbocycles. The van der Waals surface area contributed by atoms with Crippen LogP contribution in [0.4, 0.5) is 0 Å². The summed E-state index contributed by atoms with van der Waals surface area (Å²) in [6.45, 7) is 6.17. The maximum atomic E-state index is 5.86. The fourth-order valence-corrected chi connectivity index (χ4v) is 1.79. The van der Waals surface area contributed by atoms with Gasteiger partial charge in [-0.15, -0.1) is 0 Å². The van der Waals surface area contributed by atoms with Gasteiger partial charge in [-0.2, -0.15) is 0 Å². The van der Waals surface area contributed by atoms with E-state index >= 15 is 0 Å². The molecule has 98 valence electrons. The van der Waals surface area contributed by atoms with Crippen LogP contribution in [0, 0.1) is 0 Å². The molecule has 2 aromatic carbocycles. The van der Waals surface area contributed by atoms with Gasteiger partial charge in [-0.25, -0.2) is 0 Å². The molecule has 0 spiro atoms. The molecule has 0 aliphatic rings. The molecule has 0 fully saturated rings. The van der Waals surface area contributed by atoms with Crippen LogP contribution < -0.4 is 4.74 Å². The van der Waals surface area contributed by atoms with E-state index in [0.29, 0.717) is 0 Å². The van der Waals surface area contributed by atoms with Crippen molar-refractivity contribution < 1.29 is 4.74 Å². The van der Waals surface area contributed by atoms with E-state index in [-0.39, 0.29) is 5.60 Å². The highest BCUT2D eigenvalue weighted by Gasteiger charge is 2.11. The Hall–Kier alpha value is -2.02. The van der Waals surface area contributed by atoms with E-state index in [0.717, 1.165) is 11.3 Å². The lowest BCUT2D eigenvalue weighted by molar-refractivity contribution is 0.131. The minimum Gasteiger partial charge on any atom is -0.488 e. The van der Waals surface area contributed by atoms with Crippen molar-refractivity contribution in [2.75, 3.05) is 0 Å². The second-order valence-corrected chi connectivity index (χ2v) is 5.53. The monoisotopic (exact) mass is 252 g/mol. The molecular weight excluding hydrogens is 232 g/mol. The first kappa shape index (κ1) is 13.4. The van der Waals surface area contributed by atoms with E-state index in [2.05, 4.69) is 57.2 Å². The van der Waals surface area contributed by atoms with Crippen LogP contribution in [0.2, 0.25) is 0 Å². The van der Waals surface area contributed by atoms with Crippen LogP contribution in [-0.2, 0) is 0 Å². The second-order valence-electron chi connectivity index (χ2n) is 5.53. The average Bonchev–Trinajstić information content (AvgIpc) is 2.36. The summed E-state index contributed by atoms with van der Waals surface area (Å²) < 4.78 is 5.86. The molecule has 0 heterocycles. The third-order valence-corrected chi connectivity index (χ3v) is 2.55. The summed E-state index contributed by atoms with van der Waals surface area (Å²) in [4.78, 5) is 0. The van der Waals surface area contributed by atoms with E-state index in [1.54, 1.807) is 0 Å². The van der Waals surface area contributed by atoms with Crippen LogP contribution in [0.1, 0.15) is 31.9 Å². The van der Waals surface area contributed by atoms with Crippen molar-refractivity contribution in [2.24, 2.45) is 0 Å². The summed E-state index contributed by atoms with van der Waals surface area (Å²) in [5.74, 6) is 0.905. The molecule has 0 radical (unpaired) electrons. The second kappa shape index (κ2) is 5.75. The molecule has 1 heteroatoms. The Morgan fingerprint density at radius 3 is 2.11 bits per heavy atom. The predicted octanol–water partition coefficient (Wildman–Crippen LogP) is 5.03. The van der Waals surface area contributed by atoms with Crippen molar-refractivity contribution in [3.05, 3.63) is 65.7 Å². The summed E-state index contributed by atoms with van der Waals surface area (Å²) in [5.41, 5.74) is 2.18. The Labute approximate surface area is 115 Å². The first-order chi connectivity index (χ1) is 9.03. The fraction of sp³-hybridized carbons (Fsp3) is 0.222. The standard InChI is InChI=1S/C18H20O/c1-18(2,3)19-17-11-7-10-16(14-17)13-12-15-8-5-4-6-9-15/h4-14H,1-3H3. The number of benzene rings is 2. The zero-order valence-electron chi connectivity index (χ0n) is 11.8. The normalized spacial score (nSPS) is 11.7. The van der Waals surface area contributed by atoms with E-state index < -0.39 is 0 Å². The summed E-state index contributed by atoms with van der Waals surface area (Å²) in [5, 5.41) is 0. The number of ether oxygens (including phenoxy) is 1. The maximum Gasteiger partial charge on any atom is 0.120 e. The molecule has 0 aromatic heterocycles. The summed E-state index contributed by atoms with van der Waals surface area (Å²) in [6.07, 6.45) is 4.21. The summed E-state index contributed by atoms with van der Waals surface area (Å²) in [6, 6.07) is 18.4. The van der Waals surface area contributed by atoms with Gasteiger partial charge in [0.2, 0.25) is 0 Å². The van der Waals surface area contributed by atoms with Gasteiger partial charge in [-0.3, -0.25) is 0 Å². The van der Waals surface area contributed by atoms with E-state index in [1.807, 2.05) is 30.3 Å². The number of hydrogen-bond acceptors (Lipinski definition) is 1. The van der Waals surface area contributed by atoms with Gasteiger partial charge in [-0.1, -0.05) is 54.6 Å². The first-order valence-corrected chi connectivity index (χ1v) is 6.55. The molecule has 0 bridgehead atoms. The van der Waals surface area contributed by atoms with Crippen LogP contribution in [0.25, 0.3) is 12.2 Å². The van der Waals surface area contributed by atoms with Crippen molar-refractivity contribution in [1.82, 2.24) is 0 Å². The van der Waals surface area contributed by atoms with Gasteiger partial charge in [-0.05, 0) is 44.0 Å². The third-order valence-electron chi connectivity index (χ3n) is 2.55. The molecule has 0 unspecified atom stereocenters. The van der Waals surface area contributed by atoms with Gasteiger partial charge in [0.15, 0.2) is 0 Å². The Kier molecular flexibility index (Phi) is 4.06. The van der Waals surface area contributed by atoms with Crippen LogP contribution in [0.5, 0.6) is 5.75 Å². The first-order valence-electron chi connectivity index (χ1n) is 6.55. The van der Waals surface area contributed by atoms with Gasteiger partial charge < -0.3 is 4.74 Å². The lowest BCUT2D eigenvalue weighted by Gasteiger charge is -2.21. The van der Waals surface area contributed by atoms with Crippen LogP contribution in [0.15, 0.2) is 54.6 Å². The highest BCUT2D eigenvalue weighted by molar-refractivity contribution is 5.70. The summed E-state index contributed by atoms with van der Waals surface area (Å²) in [7, 11) is 0. The Balaban J connectivity index is 2.13. The molecular formula is C18H20O. The minimum absolute atomic E-state index is 0.165. The van der Waals surface area contributed by atoms with Crippen LogP contribution >= 0.6 is 0 Å². The third kappa shape index (κ3) is 4.63. The van der Waals surface area contributed by atoms with Gasteiger partial charge in [0.05, 0.1) is 0 Å². The highest BCUT2D eigenvalue weighted by atomic mass is 16.5. The molecule has 0 N–H and O–H groups in total. The fourth-order valence-electron chi connectivity index (χ4n) is 1.79. The molecule has 2 aromatic rings. The predicted molar refractivity (Wildman–Crippen MR) is 82.2 cm³/mol. The van der Waals surface area contributed by atoms with Gasteiger partial charge in [0.25, 0.3) is 0 Å². The van der Waals surface area contributed by atoms with Gasteiger partial charge in [0.1, 0.15) is 11.4 Å². The molecule has 1 nitrogen and oxygen atoms in total. The number of rotatable bonds is 3. The van der Waals surface area contributed by atoms with Crippen LogP contribution in [0.3, 0.4) is 0 Å². The number of hydrogen-bond donors (Lipinski definition) is 0. The molecule has 19 heavy (non-hydrogen) atoms. The minimum atomic E-state index is -0.165. The zero-order valence-corrected chi connectivity index (χ0v) is 11.8. The zero-order chi connectivity index (χ0) is 13.7. The smallest absolute Gasteiger partial charge is 0.120 e. The largest absolute Gasteiger partial charge is 0.488 e. The molecule has 0 atom stereocenters. The topological polar surface area (TPSA) is 9.23 Å². The Morgan fingerprint density at radius 1 is 0.789 bits per heavy atom. The lowest BCUT2D eigenvalue weighted by atomic mass is 10.1. The highest BCUT2D eigenvalue weighted by Crippen LogP contribution is 2.20. The summed E-state index contributed by atoms with van der Waals surface area (Å²) >= 11 is 0. The van der Waals surface area contributed by atoms with Gasteiger partial charge >= 0.3 is 0 Å². The Morgan fingerprint density at radius 2 is 1.42 bits per heavy atom. The maximum absolute atomic E-state index is 5.86. The van der Waals surface area contributed by atoms with Crippen molar-refractivity contribution in [2.45, 2.75) is 26.4 Å². The van der Waals surface area contributed by atoms with Crippen LogP contribution in [-0.4, -0.2) is 5.60 Å². The molecule has 0 amide bonds. The van der Waals surface area contributed by atoms with E-state index in [1.165, 1.54) is 5.56 Å². The van der Waals surface area contributed by atoms with Crippen molar-refractivity contribution in [1.29, 1.82) is 0 Å². The van der Waals surface area contributed by atoms with Crippen molar-refractivity contribution in [3.63, 3.8) is 0 Å². The lowest BCUT2D eigenvalue weighted by Crippen LogP contribution is -2.22. The van der Waals surface area contributed by atoms with Crippen molar-refractivity contribution in [3.8, 4) is 5.75 Å². The van der Waals surface area contributed by atoms with Gasteiger partial charge in [0, 0.05) is 0 Å². The average molecular weight is 252 g/mol. The van der Waals surface area contributed by atoms with E-state index in [9.17, 15) is 0 Å². The quantitative estimate of drug-likeness (QED) is 0.696. The molecule has 0 aliphatic heterocycles. The van der Waals surface area contributed by atoms with Crippen molar-refractivity contribution >= 4 is 12.2 Å². The Bertz CT molecular complexity index is 547. The molecule has 2 rings (SSSR count). The molecule has 0 aliphatic carbocycles. The SMILES string of the molecule is CC(C)(C)Oc1cccc(C=Cc2ccccc2)c1.